The zero-order chi connectivity index (χ0) is 10.4. The predicted octanol–water partition coefficient (Wildman–Crippen LogP) is 4.23. The van der Waals surface area contributed by atoms with E-state index in [1.165, 1.54) is 42.4 Å². The van der Waals surface area contributed by atoms with E-state index < -0.39 is 0 Å². The van der Waals surface area contributed by atoms with Gasteiger partial charge in [0.15, 0.2) is 0 Å². The third kappa shape index (κ3) is 3.02. The molecule has 0 spiro atoms. The van der Waals surface area contributed by atoms with Crippen LogP contribution in [-0.2, 0) is 12.8 Å². The summed E-state index contributed by atoms with van der Waals surface area (Å²) in [5.74, 6) is 0. The molecule has 0 N–H and O–H groups in total. The summed E-state index contributed by atoms with van der Waals surface area (Å²) in [5.41, 5.74) is 4.17. The maximum Gasteiger partial charge on any atom is -0.0257 e. The fourth-order valence-electron chi connectivity index (χ4n) is 1.78. The minimum absolute atomic E-state index is 1.18. The van der Waals surface area contributed by atoms with Gasteiger partial charge in [-0.3, -0.25) is 0 Å². The molecule has 0 saturated heterocycles. The Morgan fingerprint density at radius 3 is 1.86 bits per heavy atom. The van der Waals surface area contributed by atoms with Gasteiger partial charge in [-0.05, 0) is 29.5 Å². The highest BCUT2D eigenvalue weighted by atomic mass is 14.0. The van der Waals surface area contributed by atoms with Gasteiger partial charge in [0.2, 0.25) is 0 Å². The van der Waals surface area contributed by atoms with Crippen molar-refractivity contribution in [1.29, 1.82) is 0 Å². The zero-order valence-electron chi connectivity index (χ0n) is 9.34. The van der Waals surface area contributed by atoms with E-state index in [2.05, 4.69) is 38.6 Å². The lowest BCUT2D eigenvalue weighted by molar-refractivity contribution is 0.895. The highest BCUT2D eigenvalue weighted by Crippen LogP contribution is 2.14. The van der Waals surface area contributed by atoms with Crippen LogP contribution in [0.25, 0.3) is 6.08 Å². The molecule has 1 aromatic carbocycles. The SMILES string of the molecule is C=Cc1cc(CCC)cc(CCC)c1. The van der Waals surface area contributed by atoms with Crippen LogP contribution in [0.5, 0.6) is 0 Å². The molecule has 0 fully saturated rings. The number of benzene rings is 1. The summed E-state index contributed by atoms with van der Waals surface area (Å²) in [7, 11) is 0. The van der Waals surface area contributed by atoms with Gasteiger partial charge in [-0.15, -0.1) is 0 Å². The van der Waals surface area contributed by atoms with Gasteiger partial charge in [-0.1, -0.05) is 57.5 Å². The quantitative estimate of drug-likeness (QED) is 0.648. The first-order chi connectivity index (χ1) is 6.80. The molecular weight excluding hydrogens is 168 g/mol. The summed E-state index contributed by atoms with van der Waals surface area (Å²) >= 11 is 0. The van der Waals surface area contributed by atoms with E-state index in [1.807, 2.05) is 6.08 Å². The summed E-state index contributed by atoms with van der Waals surface area (Å²) in [4.78, 5) is 0. The van der Waals surface area contributed by atoms with E-state index in [1.54, 1.807) is 0 Å². The predicted molar refractivity (Wildman–Crippen MR) is 64.5 cm³/mol. The van der Waals surface area contributed by atoms with E-state index in [9.17, 15) is 0 Å². The molecule has 0 nitrogen and oxygen atoms in total. The van der Waals surface area contributed by atoms with Crippen LogP contribution in [0, 0.1) is 0 Å². The molecule has 0 radical (unpaired) electrons. The molecule has 0 atom stereocenters. The summed E-state index contributed by atoms with van der Waals surface area (Å²) in [5, 5.41) is 0. The lowest BCUT2D eigenvalue weighted by Gasteiger charge is -2.06. The molecule has 0 aromatic heterocycles. The van der Waals surface area contributed by atoms with Crippen LogP contribution in [0.4, 0.5) is 0 Å². The van der Waals surface area contributed by atoms with Gasteiger partial charge >= 0.3 is 0 Å². The third-order valence-corrected chi connectivity index (χ3v) is 2.39. The summed E-state index contributed by atoms with van der Waals surface area (Å²) in [6.07, 6.45) is 6.73. The lowest BCUT2D eigenvalue weighted by Crippen LogP contribution is -1.90. The van der Waals surface area contributed by atoms with Crippen molar-refractivity contribution in [2.45, 2.75) is 39.5 Å². The average molecular weight is 188 g/mol. The van der Waals surface area contributed by atoms with Gasteiger partial charge < -0.3 is 0 Å². The highest BCUT2D eigenvalue weighted by molar-refractivity contribution is 5.50. The Morgan fingerprint density at radius 2 is 1.50 bits per heavy atom. The Labute approximate surface area is 87.7 Å². The first-order valence-corrected chi connectivity index (χ1v) is 5.55. The fourth-order valence-corrected chi connectivity index (χ4v) is 1.78. The van der Waals surface area contributed by atoms with Crippen LogP contribution in [0.15, 0.2) is 24.8 Å². The van der Waals surface area contributed by atoms with Crippen molar-refractivity contribution in [1.82, 2.24) is 0 Å². The Kier molecular flexibility index (Phi) is 4.45. The molecule has 0 saturated carbocycles. The maximum absolute atomic E-state index is 3.83. The minimum Gasteiger partial charge on any atom is -0.0985 e. The van der Waals surface area contributed by atoms with Crippen molar-refractivity contribution in [3.63, 3.8) is 0 Å². The van der Waals surface area contributed by atoms with Crippen LogP contribution in [0.1, 0.15) is 43.4 Å². The van der Waals surface area contributed by atoms with Crippen LogP contribution in [0.2, 0.25) is 0 Å². The summed E-state index contributed by atoms with van der Waals surface area (Å²) < 4.78 is 0. The second kappa shape index (κ2) is 5.64. The van der Waals surface area contributed by atoms with E-state index in [0.717, 1.165) is 0 Å². The van der Waals surface area contributed by atoms with Crippen LogP contribution >= 0.6 is 0 Å². The van der Waals surface area contributed by atoms with Gasteiger partial charge in [0.05, 0.1) is 0 Å². The number of hydrogen-bond acceptors (Lipinski definition) is 0. The minimum atomic E-state index is 1.18. The molecule has 0 heteroatoms. The van der Waals surface area contributed by atoms with Crippen molar-refractivity contribution in [2.24, 2.45) is 0 Å². The molecular formula is C14H20. The fraction of sp³-hybridized carbons (Fsp3) is 0.429. The number of hydrogen-bond donors (Lipinski definition) is 0. The van der Waals surface area contributed by atoms with Gasteiger partial charge in [0.1, 0.15) is 0 Å². The largest absolute Gasteiger partial charge is 0.0985 e. The van der Waals surface area contributed by atoms with Gasteiger partial charge in [-0.2, -0.15) is 0 Å². The topological polar surface area (TPSA) is 0 Å². The molecule has 14 heavy (non-hydrogen) atoms. The molecule has 1 rings (SSSR count). The average Bonchev–Trinajstić information content (AvgIpc) is 2.18. The molecule has 0 amide bonds. The molecule has 0 heterocycles. The van der Waals surface area contributed by atoms with Gasteiger partial charge in [-0.25, -0.2) is 0 Å². The van der Waals surface area contributed by atoms with Crippen LogP contribution in [0.3, 0.4) is 0 Å². The molecule has 0 aliphatic rings. The van der Waals surface area contributed by atoms with Crippen molar-refractivity contribution >= 4 is 6.08 Å². The standard InChI is InChI=1S/C14H20/c1-4-7-13-9-12(6-3)10-14(11-13)8-5-2/h6,9-11H,3-5,7-8H2,1-2H3. The molecule has 76 valence electrons. The normalized spacial score (nSPS) is 10.1. The molecule has 0 aliphatic carbocycles. The van der Waals surface area contributed by atoms with Crippen molar-refractivity contribution < 1.29 is 0 Å². The van der Waals surface area contributed by atoms with E-state index in [0.29, 0.717) is 0 Å². The maximum atomic E-state index is 3.83. The Bertz CT molecular complexity index is 273. The highest BCUT2D eigenvalue weighted by Gasteiger charge is 1.98. The molecule has 0 aliphatic heterocycles. The molecule has 0 unspecified atom stereocenters. The van der Waals surface area contributed by atoms with E-state index in [-0.39, 0.29) is 0 Å². The third-order valence-electron chi connectivity index (χ3n) is 2.39. The Morgan fingerprint density at radius 1 is 1.00 bits per heavy atom. The van der Waals surface area contributed by atoms with Crippen LogP contribution in [-0.4, -0.2) is 0 Å². The van der Waals surface area contributed by atoms with E-state index >= 15 is 0 Å². The van der Waals surface area contributed by atoms with Crippen molar-refractivity contribution in [3.8, 4) is 0 Å². The first-order valence-electron chi connectivity index (χ1n) is 5.55. The summed E-state index contributed by atoms with van der Waals surface area (Å²) in [6.45, 7) is 8.28. The van der Waals surface area contributed by atoms with Gasteiger partial charge in [0.25, 0.3) is 0 Å². The van der Waals surface area contributed by atoms with Crippen molar-refractivity contribution in [3.05, 3.63) is 41.5 Å². The summed E-state index contributed by atoms with van der Waals surface area (Å²) in [6, 6.07) is 6.82. The smallest absolute Gasteiger partial charge is 0.0257 e. The Hall–Kier alpha value is -1.04. The first kappa shape index (κ1) is 11.0. The lowest BCUT2D eigenvalue weighted by atomic mass is 10.00. The zero-order valence-corrected chi connectivity index (χ0v) is 9.34. The van der Waals surface area contributed by atoms with Gasteiger partial charge in [0, 0.05) is 0 Å². The van der Waals surface area contributed by atoms with E-state index in [4.69, 9.17) is 0 Å². The monoisotopic (exact) mass is 188 g/mol. The second-order valence-corrected chi connectivity index (χ2v) is 3.79. The molecule has 1 aromatic rings. The number of rotatable bonds is 5. The van der Waals surface area contributed by atoms with Crippen LogP contribution < -0.4 is 0 Å². The van der Waals surface area contributed by atoms with Crippen molar-refractivity contribution in [2.75, 3.05) is 0 Å². The number of aryl methyl sites for hydroxylation is 2. The Balaban J connectivity index is 2.94. The molecule has 0 bridgehead atoms. The second-order valence-electron chi connectivity index (χ2n) is 3.79.